The number of aromatic amines is 1. The van der Waals surface area contributed by atoms with Gasteiger partial charge in [-0.1, -0.05) is 6.92 Å². The Morgan fingerprint density at radius 2 is 2.30 bits per heavy atom. The summed E-state index contributed by atoms with van der Waals surface area (Å²) < 4.78 is 0. The van der Waals surface area contributed by atoms with Crippen LogP contribution in [0.15, 0.2) is 12.4 Å². The lowest BCUT2D eigenvalue weighted by Crippen LogP contribution is -2.49. The molecule has 1 aliphatic heterocycles. The number of piperidine rings is 1. The van der Waals surface area contributed by atoms with Gasteiger partial charge in [-0.2, -0.15) is 5.10 Å². The van der Waals surface area contributed by atoms with Gasteiger partial charge in [0.2, 0.25) is 0 Å². The van der Waals surface area contributed by atoms with E-state index < -0.39 is 0 Å². The monoisotopic (exact) mass is 333 g/mol. The molecule has 1 aliphatic rings. The van der Waals surface area contributed by atoms with E-state index in [-0.39, 0.29) is 11.9 Å². The maximum Gasteiger partial charge on any atom is 0.254 e. The van der Waals surface area contributed by atoms with Gasteiger partial charge in [0, 0.05) is 42.4 Å². The normalized spacial score (nSPS) is 22.2. The molecule has 0 aromatic carbocycles. The number of aromatic nitrogens is 3. The first-order chi connectivity index (χ1) is 11.0. The molecule has 6 nitrogen and oxygen atoms in total. The lowest BCUT2D eigenvalue weighted by Gasteiger charge is -2.37. The quantitative estimate of drug-likeness (QED) is 0.899. The largest absolute Gasteiger partial charge is 0.349 e. The maximum absolute atomic E-state index is 12.3. The Hall–Kier alpha value is -1.73. The summed E-state index contributed by atoms with van der Waals surface area (Å²) in [6.45, 7) is 9.05. The van der Waals surface area contributed by atoms with E-state index >= 15 is 0 Å². The number of rotatable bonds is 4. The molecule has 23 heavy (non-hydrogen) atoms. The molecule has 124 valence electrons. The van der Waals surface area contributed by atoms with Crippen LogP contribution in [0.25, 0.3) is 0 Å². The van der Waals surface area contributed by atoms with Gasteiger partial charge in [-0.15, -0.1) is 11.3 Å². The minimum atomic E-state index is -0.0281. The Bertz CT molecular complexity index is 680. The average molecular weight is 333 g/mol. The first kappa shape index (κ1) is 16.1. The number of aryl methyl sites for hydroxylation is 2. The summed E-state index contributed by atoms with van der Waals surface area (Å²) in [5.41, 5.74) is 1.45. The number of nitrogens with zero attached hydrogens (tertiary/aromatic N) is 3. The van der Waals surface area contributed by atoms with Crippen LogP contribution < -0.4 is 5.32 Å². The third kappa shape index (κ3) is 3.79. The second kappa shape index (κ2) is 6.80. The van der Waals surface area contributed by atoms with E-state index in [9.17, 15) is 4.79 Å². The molecular formula is C16H23N5OS. The minimum Gasteiger partial charge on any atom is -0.349 e. The van der Waals surface area contributed by atoms with Crippen LogP contribution in [0, 0.1) is 19.8 Å². The van der Waals surface area contributed by atoms with Gasteiger partial charge < -0.3 is 5.32 Å². The topological polar surface area (TPSA) is 73.9 Å². The third-order valence-electron chi connectivity index (χ3n) is 4.43. The number of likely N-dealkylation sites (tertiary alicyclic amines) is 1. The second-order valence-corrected chi connectivity index (χ2v) is 7.65. The van der Waals surface area contributed by atoms with Crippen LogP contribution in [-0.4, -0.2) is 45.1 Å². The van der Waals surface area contributed by atoms with E-state index in [0.717, 1.165) is 36.8 Å². The van der Waals surface area contributed by atoms with Gasteiger partial charge >= 0.3 is 0 Å². The molecule has 0 unspecified atom stereocenters. The molecule has 1 amide bonds. The average Bonchev–Trinajstić information content (AvgIpc) is 3.10. The first-order valence-electron chi connectivity index (χ1n) is 7.97. The molecular weight excluding hydrogens is 310 g/mol. The van der Waals surface area contributed by atoms with Crippen LogP contribution in [0.1, 0.15) is 39.3 Å². The van der Waals surface area contributed by atoms with Crippen LogP contribution in [0.5, 0.6) is 0 Å². The fourth-order valence-corrected chi connectivity index (χ4v) is 3.95. The molecule has 7 heteroatoms. The summed E-state index contributed by atoms with van der Waals surface area (Å²) in [5, 5.41) is 11.0. The standard InChI is InChI=1S/C16H23N5OS/c1-10-8-21(9-13-6-17-12(3)23-13)5-4-15(10)19-16(22)14-7-18-20-11(14)2/h6-7,10,15H,4-5,8-9H2,1-3H3,(H,18,20)(H,19,22)/t10-,15-/m1/s1. The van der Waals surface area contributed by atoms with Crippen molar-refractivity contribution in [1.29, 1.82) is 0 Å². The van der Waals surface area contributed by atoms with Gasteiger partial charge in [-0.05, 0) is 26.2 Å². The van der Waals surface area contributed by atoms with Crippen molar-refractivity contribution in [3.8, 4) is 0 Å². The number of carbonyl (C=O) groups is 1. The third-order valence-corrected chi connectivity index (χ3v) is 5.33. The Morgan fingerprint density at radius 3 is 2.91 bits per heavy atom. The lowest BCUT2D eigenvalue weighted by atomic mass is 9.93. The second-order valence-electron chi connectivity index (χ2n) is 6.34. The molecule has 2 aromatic heterocycles. The maximum atomic E-state index is 12.3. The number of amides is 1. The molecule has 2 N–H and O–H groups in total. The highest BCUT2D eigenvalue weighted by Gasteiger charge is 2.28. The highest BCUT2D eigenvalue weighted by Crippen LogP contribution is 2.21. The molecule has 1 saturated heterocycles. The van der Waals surface area contributed by atoms with Crippen LogP contribution in [-0.2, 0) is 6.54 Å². The molecule has 3 rings (SSSR count). The number of H-pyrrole nitrogens is 1. The zero-order valence-electron chi connectivity index (χ0n) is 13.8. The molecule has 0 bridgehead atoms. The SMILES string of the molecule is Cc1ncc(CN2CC[C@@H](NC(=O)c3cn[nH]c3C)[C@H](C)C2)s1. The van der Waals surface area contributed by atoms with E-state index in [1.54, 1.807) is 17.5 Å². The van der Waals surface area contributed by atoms with Crippen molar-refractivity contribution in [3.63, 3.8) is 0 Å². The smallest absolute Gasteiger partial charge is 0.254 e. The van der Waals surface area contributed by atoms with Crippen molar-refractivity contribution in [3.05, 3.63) is 33.5 Å². The van der Waals surface area contributed by atoms with Gasteiger partial charge in [0.15, 0.2) is 0 Å². The van der Waals surface area contributed by atoms with Gasteiger partial charge in [0.1, 0.15) is 0 Å². The molecule has 0 saturated carbocycles. The van der Waals surface area contributed by atoms with Crippen LogP contribution >= 0.6 is 11.3 Å². The highest BCUT2D eigenvalue weighted by atomic mass is 32.1. The molecule has 0 radical (unpaired) electrons. The van der Waals surface area contributed by atoms with Crippen LogP contribution in [0.2, 0.25) is 0 Å². The molecule has 1 fully saturated rings. The van der Waals surface area contributed by atoms with Crippen LogP contribution in [0.3, 0.4) is 0 Å². The molecule has 2 atom stereocenters. The molecule has 0 spiro atoms. The molecule has 2 aromatic rings. The Morgan fingerprint density at radius 1 is 1.48 bits per heavy atom. The van der Waals surface area contributed by atoms with Crippen molar-refractivity contribution in [2.24, 2.45) is 5.92 Å². The fourth-order valence-electron chi connectivity index (χ4n) is 3.11. The predicted molar refractivity (Wildman–Crippen MR) is 90.5 cm³/mol. The van der Waals surface area contributed by atoms with Gasteiger partial charge in [-0.25, -0.2) is 4.98 Å². The Kier molecular flexibility index (Phi) is 4.77. The predicted octanol–water partition coefficient (Wildman–Crippen LogP) is 2.12. The summed E-state index contributed by atoms with van der Waals surface area (Å²) in [6, 6.07) is 0.219. The van der Waals surface area contributed by atoms with Gasteiger partial charge in [0.25, 0.3) is 5.91 Å². The minimum absolute atomic E-state index is 0.0281. The zero-order chi connectivity index (χ0) is 16.4. The number of hydrogen-bond acceptors (Lipinski definition) is 5. The van der Waals surface area contributed by atoms with Crippen molar-refractivity contribution in [2.45, 2.75) is 39.8 Å². The van der Waals surface area contributed by atoms with Gasteiger partial charge in [-0.3, -0.25) is 14.8 Å². The lowest BCUT2D eigenvalue weighted by molar-refractivity contribution is 0.0861. The van der Waals surface area contributed by atoms with E-state index in [1.807, 2.05) is 20.0 Å². The summed E-state index contributed by atoms with van der Waals surface area (Å²) in [6.07, 6.45) is 4.54. The van der Waals surface area contributed by atoms with Crippen LogP contribution in [0.4, 0.5) is 0 Å². The molecule has 0 aliphatic carbocycles. The zero-order valence-corrected chi connectivity index (χ0v) is 14.6. The first-order valence-corrected chi connectivity index (χ1v) is 8.79. The van der Waals surface area contributed by atoms with E-state index in [4.69, 9.17) is 0 Å². The number of thiazole rings is 1. The highest BCUT2D eigenvalue weighted by molar-refractivity contribution is 7.11. The number of nitrogens with one attached hydrogen (secondary N) is 2. The number of carbonyl (C=O) groups excluding carboxylic acids is 1. The fraction of sp³-hybridized carbons (Fsp3) is 0.562. The van der Waals surface area contributed by atoms with Crippen molar-refractivity contribution < 1.29 is 4.79 Å². The Labute approximate surface area is 140 Å². The van der Waals surface area contributed by atoms with Crippen molar-refractivity contribution in [2.75, 3.05) is 13.1 Å². The van der Waals surface area contributed by atoms with E-state index in [2.05, 4.69) is 32.3 Å². The Balaban J connectivity index is 1.54. The summed E-state index contributed by atoms with van der Waals surface area (Å²) in [4.78, 5) is 20.4. The van der Waals surface area contributed by atoms with Gasteiger partial charge in [0.05, 0.1) is 16.8 Å². The number of hydrogen-bond donors (Lipinski definition) is 2. The summed E-state index contributed by atoms with van der Waals surface area (Å²) >= 11 is 1.76. The van der Waals surface area contributed by atoms with Crippen molar-refractivity contribution >= 4 is 17.2 Å². The summed E-state index contributed by atoms with van der Waals surface area (Å²) in [7, 11) is 0. The van der Waals surface area contributed by atoms with E-state index in [0.29, 0.717) is 11.5 Å². The van der Waals surface area contributed by atoms with Crippen molar-refractivity contribution in [1.82, 2.24) is 25.4 Å². The van der Waals surface area contributed by atoms with E-state index in [1.165, 1.54) is 4.88 Å². The summed E-state index contributed by atoms with van der Waals surface area (Å²) in [5.74, 6) is 0.397. The molecule has 3 heterocycles.